The van der Waals surface area contributed by atoms with Gasteiger partial charge in [-0.3, -0.25) is 4.79 Å². The van der Waals surface area contributed by atoms with E-state index in [2.05, 4.69) is 42.0 Å². The molecule has 0 atom stereocenters. The van der Waals surface area contributed by atoms with Crippen molar-refractivity contribution in [2.75, 3.05) is 23.7 Å². The topological polar surface area (TPSA) is 131 Å². The number of nitriles is 1. The maximum Gasteiger partial charge on any atom is 0.248 e. The molecular weight excluding hydrogens is 344 g/mol. The third kappa shape index (κ3) is 3.86. The van der Waals surface area contributed by atoms with Gasteiger partial charge >= 0.3 is 0 Å². The molecule has 0 bridgehead atoms. The molecule has 0 spiro atoms. The molecule has 1 saturated heterocycles. The molecule has 3 aromatic rings. The van der Waals surface area contributed by atoms with Gasteiger partial charge in [-0.05, 0) is 38.1 Å². The van der Waals surface area contributed by atoms with Gasteiger partial charge < -0.3 is 20.9 Å². The molecule has 0 unspecified atom stereocenters. The molecule has 0 amide bonds. The Morgan fingerprint density at radius 3 is 2.85 bits per heavy atom. The van der Waals surface area contributed by atoms with E-state index in [1.54, 1.807) is 18.5 Å². The van der Waals surface area contributed by atoms with Crippen LogP contribution in [0.4, 0.5) is 17.3 Å². The number of rotatable bonds is 4. The summed E-state index contributed by atoms with van der Waals surface area (Å²) in [6, 6.07) is 7.34. The second-order valence-corrected chi connectivity index (χ2v) is 6.34. The standard InChI is InChI=1S/C18H18N8O/c19-8-15-14(23-11-3-5-20-6-4-11)7-12(9-21-15)24-18-22-10-16-13(26-18)1-2-17(27)25-16/h1-2,7,9-11,20,23H,3-6H2,(H,25,27)(H,22,24,26). The molecule has 27 heavy (non-hydrogen) atoms. The van der Waals surface area contributed by atoms with E-state index in [9.17, 15) is 10.1 Å². The van der Waals surface area contributed by atoms with Gasteiger partial charge in [-0.2, -0.15) is 5.26 Å². The third-order valence-electron chi connectivity index (χ3n) is 4.42. The zero-order valence-corrected chi connectivity index (χ0v) is 14.5. The van der Waals surface area contributed by atoms with E-state index < -0.39 is 0 Å². The van der Waals surface area contributed by atoms with Crippen molar-refractivity contribution in [3.05, 3.63) is 46.6 Å². The van der Waals surface area contributed by atoms with Crippen LogP contribution in [0.1, 0.15) is 18.5 Å². The molecule has 136 valence electrons. The number of nitrogens with one attached hydrogen (secondary N) is 4. The summed E-state index contributed by atoms with van der Waals surface area (Å²) in [4.78, 5) is 26.9. The molecule has 1 aliphatic heterocycles. The molecule has 0 radical (unpaired) electrons. The highest BCUT2D eigenvalue weighted by Crippen LogP contribution is 2.22. The largest absolute Gasteiger partial charge is 0.380 e. The maximum absolute atomic E-state index is 11.3. The monoisotopic (exact) mass is 362 g/mol. The smallest absolute Gasteiger partial charge is 0.248 e. The number of pyridine rings is 2. The van der Waals surface area contributed by atoms with E-state index in [1.165, 1.54) is 6.07 Å². The number of nitrogens with zero attached hydrogens (tertiary/aromatic N) is 4. The maximum atomic E-state index is 11.3. The van der Waals surface area contributed by atoms with Crippen LogP contribution in [0.2, 0.25) is 0 Å². The minimum absolute atomic E-state index is 0.197. The molecular formula is C18H18N8O. The predicted octanol–water partition coefficient (Wildman–Crippen LogP) is 1.49. The van der Waals surface area contributed by atoms with Crippen molar-refractivity contribution in [1.29, 1.82) is 5.26 Å². The van der Waals surface area contributed by atoms with Crippen LogP contribution in [-0.2, 0) is 0 Å². The fourth-order valence-electron chi connectivity index (χ4n) is 3.06. The number of piperidine rings is 1. The summed E-state index contributed by atoms with van der Waals surface area (Å²) in [5.41, 5.74) is 2.72. The number of H-pyrrole nitrogens is 1. The van der Waals surface area contributed by atoms with Crippen molar-refractivity contribution >= 4 is 28.4 Å². The Morgan fingerprint density at radius 1 is 1.19 bits per heavy atom. The van der Waals surface area contributed by atoms with Gasteiger partial charge in [0.05, 0.1) is 34.8 Å². The molecule has 3 aromatic heterocycles. The van der Waals surface area contributed by atoms with Crippen molar-refractivity contribution in [3.8, 4) is 6.07 Å². The van der Waals surface area contributed by atoms with E-state index >= 15 is 0 Å². The van der Waals surface area contributed by atoms with Gasteiger partial charge in [0.15, 0.2) is 5.69 Å². The van der Waals surface area contributed by atoms with Crippen LogP contribution in [0.15, 0.2) is 35.4 Å². The van der Waals surface area contributed by atoms with Gasteiger partial charge in [0.2, 0.25) is 11.5 Å². The second-order valence-electron chi connectivity index (χ2n) is 6.34. The minimum atomic E-state index is -0.197. The molecule has 4 N–H and O–H groups in total. The predicted molar refractivity (Wildman–Crippen MR) is 102 cm³/mol. The van der Waals surface area contributed by atoms with Crippen LogP contribution >= 0.6 is 0 Å². The molecule has 1 aliphatic rings. The summed E-state index contributed by atoms with van der Waals surface area (Å²) in [5, 5.41) is 19.2. The molecule has 1 fully saturated rings. The highest BCUT2D eigenvalue weighted by atomic mass is 16.1. The summed E-state index contributed by atoms with van der Waals surface area (Å²) < 4.78 is 0. The van der Waals surface area contributed by atoms with Gasteiger partial charge in [0.1, 0.15) is 6.07 Å². The van der Waals surface area contributed by atoms with Crippen LogP contribution in [0.5, 0.6) is 0 Å². The molecule has 9 heteroatoms. The first-order chi connectivity index (χ1) is 13.2. The van der Waals surface area contributed by atoms with Crippen molar-refractivity contribution < 1.29 is 0 Å². The van der Waals surface area contributed by atoms with Crippen molar-refractivity contribution in [3.63, 3.8) is 0 Å². The zero-order valence-electron chi connectivity index (χ0n) is 14.5. The van der Waals surface area contributed by atoms with Crippen molar-refractivity contribution in [2.45, 2.75) is 18.9 Å². The lowest BCUT2D eigenvalue weighted by Crippen LogP contribution is -2.35. The van der Waals surface area contributed by atoms with E-state index in [-0.39, 0.29) is 5.56 Å². The minimum Gasteiger partial charge on any atom is -0.380 e. The van der Waals surface area contributed by atoms with Gasteiger partial charge in [-0.25, -0.2) is 15.0 Å². The van der Waals surface area contributed by atoms with E-state index in [1.807, 2.05) is 6.07 Å². The first-order valence-corrected chi connectivity index (χ1v) is 8.72. The molecule has 4 heterocycles. The Labute approximate surface area is 154 Å². The quantitative estimate of drug-likeness (QED) is 0.549. The first-order valence-electron chi connectivity index (χ1n) is 8.72. The average Bonchev–Trinajstić information content (AvgIpc) is 2.69. The van der Waals surface area contributed by atoms with Crippen molar-refractivity contribution in [1.82, 2.24) is 25.3 Å². The molecule has 4 rings (SSSR count). The fraction of sp³-hybridized carbons (Fsp3) is 0.278. The van der Waals surface area contributed by atoms with Crippen LogP contribution in [0.3, 0.4) is 0 Å². The summed E-state index contributed by atoms with van der Waals surface area (Å²) in [7, 11) is 0. The summed E-state index contributed by atoms with van der Waals surface area (Å²) in [5.74, 6) is 0.383. The molecule has 0 saturated carbocycles. The highest BCUT2D eigenvalue weighted by molar-refractivity contribution is 5.74. The summed E-state index contributed by atoms with van der Waals surface area (Å²) in [6.45, 7) is 1.91. The Bertz CT molecular complexity index is 1060. The Morgan fingerprint density at radius 2 is 2.04 bits per heavy atom. The van der Waals surface area contributed by atoms with Gasteiger partial charge in [-0.15, -0.1) is 0 Å². The van der Waals surface area contributed by atoms with E-state index in [4.69, 9.17) is 0 Å². The zero-order chi connectivity index (χ0) is 18.6. The number of fused-ring (bicyclic) bond motifs is 1. The van der Waals surface area contributed by atoms with Crippen LogP contribution < -0.4 is 21.5 Å². The summed E-state index contributed by atoms with van der Waals surface area (Å²) in [6.07, 6.45) is 5.12. The Kier molecular flexibility index (Phi) is 4.63. The highest BCUT2D eigenvalue weighted by Gasteiger charge is 2.15. The van der Waals surface area contributed by atoms with Crippen LogP contribution in [0.25, 0.3) is 11.0 Å². The van der Waals surface area contributed by atoms with Gasteiger partial charge in [0.25, 0.3) is 0 Å². The van der Waals surface area contributed by atoms with E-state index in [0.29, 0.717) is 40.1 Å². The number of aromatic amines is 1. The molecule has 0 aromatic carbocycles. The molecule has 0 aliphatic carbocycles. The van der Waals surface area contributed by atoms with Crippen molar-refractivity contribution in [2.24, 2.45) is 0 Å². The number of anilines is 3. The number of hydrogen-bond acceptors (Lipinski definition) is 8. The van der Waals surface area contributed by atoms with E-state index in [0.717, 1.165) is 25.9 Å². The SMILES string of the molecule is N#Cc1ncc(Nc2ncc3[nH]c(=O)ccc3n2)cc1NC1CCNCC1. The number of hydrogen-bond donors (Lipinski definition) is 4. The number of aromatic nitrogens is 4. The summed E-state index contributed by atoms with van der Waals surface area (Å²) >= 11 is 0. The lowest BCUT2D eigenvalue weighted by Gasteiger charge is -2.25. The fourth-order valence-corrected chi connectivity index (χ4v) is 3.06. The van der Waals surface area contributed by atoms with Crippen LogP contribution in [-0.4, -0.2) is 39.1 Å². The lowest BCUT2D eigenvalue weighted by atomic mass is 10.1. The molecule has 9 nitrogen and oxygen atoms in total. The Hall–Kier alpha value is -3.51. The third-order valence-corrected chi connectivity index (χ3v) is 4.42. The Balaban J connectivity index is 1.58. The first kappa shape index (κ1) is 16.9. The van der Waals surface area contributed by atoms with Gasteiger partial charge in [0, 0.05) is 12.1 Å². The average molecular weight is 362 g/mol. The normalized spacial score (nSPS) is 14.6. The second kappa shape index (κ2) is 7.39. The lowest BCUT2D eigenvalue weighted by molar-refractivity contribution is 0.479. The van der Waals surface area contributed by atoms with Gasteiger partial charge in [-0.1, -0.05) is 0 Å². The van der Waals surface area contributed by atoms with Crippen LogP contribution in [0, 0.1) is 11.3 Å².